The number of nitrogens with two attached hydrogens (primary N) is 1. The zero-order chi connectivity index (χ0) is 10.6. The third-order valence-electron chi connectivity index (χ3n) is 1.81. The molecule has 0 aliphatic rings. The number of rotatable bonds is 2. The molecule has 0 saturated carbocycles. The van der Waals surface area contributed by atoms with E-state index < -0.39 is 0 Å². The number of hydrogen-bond acceptors (Lipinski definition) is 3. The lowest BCUT2D eigenvalue weighted by molar-refractivity contribution is 0.580. The second-order valence-electron chi connectivity index (χ2n) is 4.17. The Balaban J connectivity index is 2.65. The van der Waals surface area contributed by atoms with Gasteiger partial charge in [-0.15, -0.1) is 0 Å². The molecule has 0 fully saturated rings. The molecular formula is C10H16N4. The van der Waals surface area contributed by atoms with Crippen molar-refractivity contribution in [3.05, 3.63) is 24.0 Å². The van der Waals surface area contributed by atoms with Gasteiger partial charge in [-0.1, -0.05) is 20.8 Å². The average molecular weight is 192 g/mol. The van der Waals surface area contributed by atoms with Crippen LogP contribution < -0.4 is 5.73 Å². The zero-order valence-electron chi connectivity index (χ0n) is 8.86. The highest BCUT2D eigenvalue weighted by atomic mass is 15.1. The fourth-order valence-electron chi connectivity index (χ4n) is 0.821. The van der Waals surface area contributed by atoms with Gasteiger partial charge < -0.3 is 5.73 Å². The van der Waals surface area contributed by atoms with Crippen molar-refractivity contribution in [2.45, 2.75) is 27.3 Å². The number of hydrogen-bond donors (Lipinski definition) is 1. The first-order valence-electron chi connectivity index (χ1n) is 4.57. The van der Waals surface area contributed by atoms with Crippen molar-refractivity contribution in [1.82, 2.24) is 10.2 Å². The second-order valence-corrected chi connectivity index (χ2v) is 4.17. The first-order chi connectivity index (χ1) is 6.50. The molecule has 4 nitrogen and oxygen atoms in total. The standard InChI is InChI=1S/C10H16N4/c1-10(2,3)9(11)12-7-8-5-4-6-13-14-8/h4-6H,7H2,1-3H3,(H2,11,12). The van der Waals surface area contributed by atoms with Gasteiger partial charge in [0.25, 0.3) is 0 Å². The SMILES string of the molecule is CC(C)(C)C(N)=NCc1cccnn1. The molecule has 76 valence electrons. The van der Waals surface area contributed by atoms with E-state index >= 15 is 0 Å². The van der Waals surface area contributed by atoms with E-state index in [2.05, 4.69) is 15.2 Å². The predicted octanol–water partition coefficient (Wildman–Crippen LogP) is 1.38. The molecule has 1 aromatic rings. The van der Waals surface area contributed by atoms with Gasteiger partial charge in [-0.2, -0.15) is 10.2 Å². The van der Waals surface area contributed by atoms with E-state index in [-0.39, 0.29) is 5.41 Å². The quantitative estimate of drug-likeness (QED) is 0.568. The fourth-order valence-corrected chi connectivity index (χ4v) is 0.821. The van der Waals surface area contributed by atoms with Crippen LogP contribution in [0.25, 0.3) is 0 Å². The summed E-state index contributed by atoms with van der Waals surface area (Å²) in [5.74, 6) is 0.642. The summed E-state index contributed by atoms with van der Waals surface area (Å²) in [5, 5.41) is 7.68. The molecule has 0 aromatic carbocycles. The third kappa shape index (κ3) is 3.12. The van der Waals surface area contributed by atoms with Crippen LogP contribution >= 0.6 is 0 Å². The maximum atomic E-state index is 5.80. The molecule has 14 heavy (non-hydrogen) atoms. The normalized spacial score (nSPS) is 12.9. The molecule has 0 saturated heterocycles. The maximum absolute atomic E-state index is 5.80. The van der Waals surface area contributed by atoms with Gasteiger partial charge in [-0.25, -0.2) is 0 Å². The van der Waals surface area contributed by atoms with Crippen LogP contribution in [0.15, 0.2) is 23.3 Å². The molecule has 4 heteroatoms. The molecule has 2 N–H and O–H groups in total. The molecular weight excluding hydrogens is 176 g/mol. The Hall–Kier alpha value is -1.45. The first-order valence-corrected chi connectivity index (χ1v) is 4.57. The summed E-state index contributed by atoms with van der Waals surface area (Å²) in [7, 11) is 0. The van der Waals surface area contributed by atoms with Crippen LogP contribution in [0, 0.1) is 5.41 Å². The van der Waals surface area contributed by atoms with E-state index in [9.17, 15) is 0 Å². The highest BCUT2D eigenvalue weighted by Crippen LogP contribution is 2.13. The average Bonchev–Trinajstić information content (AvgIpc) is 2.14. The molecule has 0 spiro atoms. The summed E-state index contributed by atoms with van der Waals surface area (Å²) in [6, 6.07) is 3.72. The number of aliphatic imine (C=N–C) groups is 1. The van der Waals surface area contributed by atoms with Crippen molar-refractivity contribution < 1.29 is 0 Å². The Kier molecular flexibility index (Phi) is 3.17. The van der Waals surface area contributed by atoms with Gasteiger partial charge in [-0.3, -0.25) is 4.99 Å². The molecule has 0 unspecified atom stereocenters. The Morgan fingerprint density at radius 3 is 2.71 bits per heavy atom. The fraction of sp³-hybridized carbons (Fsp3) is 0.500. The molecule has 0 aliphatic carbocycles. The molecule has 1 aromatic heterocycles. The summed E-state index contributed by atoms with van der Waals surface area (Å²) >= 11 is 0. The summed E-state index contributed by atoms with van der Waals surface area (Å²) in [4.78, 5) is 4.26. The van der Waals surface area contributed by atoms with Crippen LogP contribution in [0.1, 0.15) is 26.5 Å². The molecule has 0 bridgehead atoms. The smallest absolute Gasteiger partial charge is 0.0996 e. The van der Waals surface area contributed by atoms with Crippen LogP contribution in [0.4, 0.5) is 0 Å². The van der Waals surface area contributed by atoms with Gasteiger partial charge in [0, 0.05) is 11.6 Å². The number of amidine groups is 1. The maximum Gasteiger partial charge on any atom is 0.0996 e. The number of nitrogens with zero attached hydrogens (tertiary/aromatic N) is 3. The molecule has 0 radical (unpaired) electrons. The minimum absolute atomic E-state index is 0.0811. The molecule has 0 aliphatic heterocycles. The lowest BCUT2D eigenvalue weighted by Gasteiger charge is -2.17. The van der Waals surface area contributed by atoms with Crippen molar-refractivity contribution in [2.75, 3.05) is 0 Å². The Labute approximate surface area is 84.3 Å². The molecule has 0 atom stereocenters. The summed E-state index contributed by atoms with van der Waals surface area (Å²) < 4.78 is 0. The van der Waals surface area contributed by atoms with Crippen LogP contribution in [-0.4, -0.2) is 16.0 Å². The minimum atomic E-state index is -0.0811. The zero-order valence-corrected chi connectivity index (χ0v) is 8.86. The highest BCUT2D eigenvalue weighted by molar-refractivity contribution is 5.85. The van der Waals surface area contributed by atoms with Crippen molar-refractivity contribution in [3.8, 4) is 0 Å². The third-order valence-corrected chi connectivity index (χ3v) is 1.81. The van der Waals surface area contributed by atoms with Crippen molar-refractivity contribution in [1.29, 1.82) is 0 Å². The first kappa shape index (κ1) is 10.6. The van der Waals surface area contributed by atoms with Gasteiger partial charge in [0.05, 0.1) is 18.1 Å². The Morgan fingerprint density at radius 1 is 1.50 bits per heavy atom. The van der Waals surface area contributed by atoms with E-state index in [1.54, 1.807) is 6.20 Å². The van der Waals surface area contributed by atoms with E-state index in [0.717, 1.165) is 5.69 Å². The van der Waals surface area contributed by atoms with Gasteiger partial charge in [-0.05, 0) is 12.1 Å². The Bertz CT molecular complexity index is 311. The van der Waals surface area contributed by atoms with E-state index in [4.69, 9.17) is 5.73 Å². The topological polar surface area (TPSA) is 64.2 Å². The predicted molar refractivity (Wildman–Crippen MR) is 56.8 cm³/mol. The van der Waals surface area contributed by atoms with Gasteiger partial charge >= 0.3 is 0 Å². The van der Waals surface area contributed by atoms with E-state index in [1.807, 2.05) is 32.9 Å². The van der Waals surface area contributed by atoms with Crippen LogP contribution in [0.3, 0.4) is 0 Å². The largest absolute Gasteiger partial charge is 0.387 e. The molecule has 0 amide bonds. The monoisotopic (exact) mass is 192 g/mol. The number of aromatic nitrogens is 2. The second kappa shape index (κ2) is 4.17. The van der Waals surface area contributed by atoms with Crippen molar-refractivity contribution >= 4 is 5.84 Å². The summed E-state index contributed by atoms with van der Waals surface area (Å²) in [5.41, 5.74) is 6.55. The summed E-state index contributed by atoms with van der Waals surface area (Å²) in [6.07, 6.45) is 1.64. The van der Waals surface area contributed by atoms with Gasteiger partial charge in [0.2, 0.25) is 0 Å². The van der Waals surface area contributed by atoms with Crippen molar-refractivity contribution in [2.24, 2.45) is 16.1 Å². The highest BCUT2D eigenvalue weighted by Gasteiger charge is 2.14. The Morgan fingerprint density at radius 2 is 2.21 bits per heavy atom. The van der Waals surface area contributed by atoms with Crippen LogP contribution in [0.2, 0.25) is 0 Å². The lowest BCUT2D eigenvalue weighted by Crippen LogP contribution is -2.29. The molecule has 1 heterocycles. The van der Waals surface area contributed by atoms with Crippen LogP contribution in [0.5, 0.6) is 0 Å². The van der Waals surface area contributed by atoms with Gasteiger partial charge in [0.1, 0.15) is 0 Å². The molecule has 1 rings (SSSR count). The van der Waals surface area contributed by atoms with Crippen molar-refractivity contribution in [3.63, 3.8) is 0 Å². The van der Waals surface area contributed by atoms with E-state index in [0.29, 0.717) is 12.4 Å². The summed E-state index contributed by atoms with van der Waals surface area (Å²) in [6.45, 7) is 6.59. The van der Waals surface area contributed by atoms with Crippen LogP contribution in [-0.2, 0) is 6.54 Å². The van der Waals surface area contributed by atoms with Gasteiger partial charge in [0.15, 0.2) is 0 Å². The minimum Gasteiger partial charge on any atom is -0.387 e. The van der Waals surface area contributed by atoms with E-state index in [1.165, 1.54) is 0 Å². The lowest BCUT2D eigenvalue weighted by atomic mass is 9.95.